The standard InChI is InChI=1S/C12H15ClN2OS/c1-14-11-3-2-9(13)8-10(11)12(16)15-4-6-17-7-5-15/h2-3,8,14H,4-7H2,1H3. The van der Waals surface area contributed by atoms with Crippen LogP contribution >= 0.6 is 23.4 Å². The number of thioether (sulfide) groups is 1. The summed E-state index contributed by atoms with van der Waals surface area (Å²) in [5, 5.41) is 3.63. The Hall–Kier alpha value is -0.870. The van der Waals surface area contributed by atoms with Crippen molar-refractivity contribution < 1.29 is 4.79 Å². The molecular weight excluding hydrogens is 256 g/mol. The van der Waals surface area contributed by atoms with E-state index in [1.165, 1.54) is 0 Å². The van der Waals surface area contributed by atoms with Crippen molar-refractivity contribution in [2.24, 2.45) is 0 Å². The van der Waals surface area contributed by atoms with Gasteiger partial charge in [-0.25, -0.2) is 0 Å². The first kappa shape index (κ1) is 12.6. The molecule has 1 amide bonds. The third-order valence-electron chi connectivity index (χ3n) is 2.78. The highest BCUT2D eigenvalue weighted by Crippen LogP contribution is 2.23. The van der Waals surface area contributed by atoms with E-state index in [4.69, 9.17) is 11.6 Å². The molecule has 1 heterocycles. The summed E-state index contributed by atoms with van der Waals surface area (Å²) in [7, 11) is 1.81. The van der Waals surface area contributed by atoms with Crippen molar-refractivity contribution in [2.45, 2.75) is 0 Å². The molecule has 1 saturated heterocycles. The van der Waals surface area contributed by atoms with Crippen molar-refractivity contribution in [1.29, 1.82) is 0 Å². The normalized spacial score (nSPS) is 15.8. The van der Waals surface area contributed by atoms with Crippen LogP contribution in [-0.4, -0.2) is 42.4 Å². The van der Waals surface area contributed by atoms with E-state index in [0.29, 0.717) is 10.6 Å². The number of carbonyl (C=O) groups is 1. The molecule has 1 aliphatic heterocycles. The van der Waals surface area contributed by atoms with Gasteiger partial charge in [-0.05, 0) is 18.2 Å². The van der Waals surface area contributed by atoms with E-state index in [1.54, 1.807) is 12.1 Å². The fraction of sp³-hybridized carbons (Fsp3) is 0.417. The Balaban J connectivity index is 2.25. The fourth-order valence-electron chi connectivity index (χ4n) is 1.85. The predicted molar refractivity (Wildman–Crippen MR) is 74.2 cm³/mol. The van der Waals surface area contributed by atoms with E-state index in [0.717, 1.165) is 30.3 Å². The maximum absolute atomic E-state index is 12.3. The van der Waals surface area contributed by atoms with Crippen LogP contribution in [0.1, 0.15) is 10.4 Å². The Kier molecular flexibility index (Phi) is 4.18. The summed E-state index contributed by atoms with van der Waals surface area (Å²) in [4.78, 5) is 14.2. The molecule has 92 valence electrons. The number of hydrogen-bond acceptors (Lipinski definition) is 3. The van der Waals surface area contributed by atoms with Gasteiger partial charge >= 0.3 is 0 Å². The predicted octanol–water partition coefficient (Wildman–Crippen LogP) is 2.57. The molecule has 0 aliphatic carbocycles. The minimum absolute atomic E-state index is 0.0668. The topological polar surface area (TPSA) is 32.3 Å². The number of amides is 1. The van der Waals surface area contributed by atoms with Gasteiger partial charge in [0.15, 0.2) is 0 Å². The number of halogens is 1. The molecule has 17 heavy (non-hydrogen) atoms. The van der Waals surface area contributed by atoms with Crippen LogP contribution in [0.5, 0.6) is 0 Å². The minimum Gasteiger partial charge on any atom is -0.387 e. The molecule has 0 atom stereocenters. The molecule has 1 N–H and O–H groups in total. The maximum Gasteiger partial charge on any atom is 0.256 e. The Morgan fingerprint density at radius 2 is 2.12 bits per heavy atom. The van der Waals surface area contributed by atoms with Crippen LogP contribution in [0.4, 0.5) is 5.69 Å². The van der Waals surface area contributed by atoms with Gasteiger partial charge in [-0.2, -0.15) is 11.8 Å². The first-order valence-electron chi connectivity index (χ1n) is 5.56. The van der Waals surface area contributed by atoms with Crippen molar-refractivity contribution in [3.05, 3.63) is 28.8 Å². The molecule has 1 aromatic rings. The Labute approximate surface area is 111 Å². The van der Waals surface area contributed by atoms with E-state index in [-0.39, 0.29) is 5.91 Å². The van der Waals surface area contributed by atoms with Crippen LogP contribution in [0.2, 0.25) is 5.02 Å². The second kappa shape index (κ2) is 5.65. The highest BCUT2D eigenvalue weighted by atomic mass is 35.5. The van der Waals surface area contributed by atoms with Crippen LogP contribution < -0.4 is 5.32 Å². The van der Waals surface area contributed by atoms with E-state index in [2.05, 4.69) is 5.32 Å². The number of anilines is 1. The maximum atomic E-state index is 12.3. The molecule has 1 fully saturated rings. The highest BCUT2D eigenvalue weighted by Gasteiger charge is 2.20. The molecular formula is C12H15ClN2OS. The largest absolute Gasteiger partial charge is 0.387 e. The number of carbonyl (C=O) groups excluding carboxylic acids is 1. The second-order valence-electron chi connectivity index (χ2n) is 3.84. The quantitative estimate of drug-likeness (QED) is 0.897. The van der Waals surface area contributed by atoms with Crippen LogP contribution in [0.3, 0.4) is 0 Å². The summed E-state index contributed by atoms with van der Waals surface area (Å²) >= 11 is 7.84. The van der Waals surface area contributed by atoms with E-state index < -0.39 is 0 Å². The average molecular weight is 271 g/mol. The lowest BCUT2D eigenvalue weighted by Gasteiger charge is -2.27. The van der Waals surface area contributed by atoms with Gasteiger partial charge in [-0.3, -0.25) is 4.79 Å². The first-order valence-corrected chi connectivity index (χ1v) is 7.10. The van der Waals surface area contributed by atoms with Crippen molar-refractivity contribution in [1.82, 2.24) is 4.90 Å². The molecule has 0 spiro atoms. The third-order valence-corrected chi connectivity index (χ3v) is 3.96. The van der Waals surface area contributed by atoms with Gasteiger partial charge < -0.3 is 10.2 Å². The molecule has 1 aliphatic rings. The van der Waals surface area contributed by atoms with Crippen LogP contribution in [-0.2, 0) is 0 Å². The molecule has 0 unspecified atom stereocenters. The minimum atomic E-state index is 0.0668. The van der Waals surface area contributed by atoms with Gasteiger partial charge in [-0.1, -0.05) is 11.6 Å². The third kappa shape index (κ3) is 2.87. The Morgan fingerprint density at radius 1 is 1.41 bits per heavy atom. The highest BCUT2D eigenvalue weighted by molar-refractivity contribution is 7.99. The number of hydrogen-bond donors (Lipinski definition) is 1. The summed E-state index contributed by atoms with van der Waals surface area (Å²) in [6.07, 6.45) is 0. The molecule has 1 aromatic carbocycles. The van der Waals surface area contributed by atoms with Gasteiger partial charge in [0.2, 0.25) is 0 Å². The first-order chi connectivity index (χ1) is 8.22. The summed E-state index contributed by atoms with van der Waals surface area (Å²) in [5.41, 5.74) is 1.49. The SMILES string of the molecule is CNc1ccc(Cl)cc1C(=O)N1CCSCC1. The van der Waals surface area contributed by atoms with Crippen LogP contribution in [0.15, 0.2) is 18.2 Å². The van der Waals surface area contributed by atoms with Crippen molar-refractivity contribution in [3.63, 3.8) is 0 Å². The van der Waals surface area contributed by atoms with Gasteiger partial charge in [0.1, 0.15) is 0 Å². The zero-order valence-electron chi connectivity index (χ0n) is 9.70. The van der Waals surface area contributed by atoms with Gasteiger partial charge in [0.25, 0.3) is 5.91 Å². The molecule has 5 heteroatoms. The molecule has 0 aromatic heterocycles. The van der Waals surface area contributed by atoms with Crippen LogP contribution in [0, 0.1) is 0 Å². The number of rotatable bonds is 2. The smallest absolute Gasteiger partial charge is 0.256 e. The molecule has 0 saturated carbocycles. The summed E-state index contributed by atoms with van der Waals surface area (Å²) in [6.45, 7) is 1.64. The number of benzene rings is 1. The zero-order valence-corrected chi connectivity index (χ0v) is 11.3. The Morgan fingerprint density at radius 3 is 2.76 bits per heavy atom. The van der Waals surface area contributed by atoms with Crippen molar-refractivity contribution in [2.75, 3.05) is 37.0 Å². The Bertz CT molecular complexity index is 419. The average Bonchev–Trinajstić information content (AvgIpc) is 2.39. The molecule has 2 rings (SSSR count). The lowest BCUT2D eigenvalue weighted by Crippen LogP contribution is -2.38. The lowest BCUT2D eigenvalue weighted by atomic mass is 10.1. The van der Waals surface area contributed by atoms with Crippen LogP contribution in [0.25, 0.3) is 0 Å². The molecule has 0 bridgehead atoms. The lowest BCUT2D eigenvalue weighted by molar-refractivity contribution is 0.0773. The van der Waals surface area contributed by atoms with E-state index in [9.17, 15) is 4.79 Å². The molecule has 3 nitrogen and oxygen atoms in total. The second-order valence-corrected chi connectivity index (χ2v) is 5.51. The summed E-state index contributed by atoms with van der Waals surface area (Å²) in [5.74, 6) is 2.10. The van der Waals surface area contributed by atoms with Gasteiger partial charge in [-0.15, -0.1) is 0 Å². The summed E-state index contributed by atoms with van der Waals surface area (Å²) < 4.78 is 0. The van der Waals surface area contributed by atoms with Crippen molar-refractivity contribution >= 4 is 35.0 Å². The monoisotopic (exact) mass is 270 g/mol. The summed E-state index contributed by atoms with van der Waals surface area (Å²) in [6, 6.07) is 5.36. The van der Waals surface area contributed by atoms with Gasteiger partial charge in [0, 0.05) is 42.4 Å². The van der Waals surface area contributed by atoms with E-state index in [1.807, 2.05) is 29.8 Å². The van der Waals surface area contributed by atoms with E-state index >= 15 is 0 Å². The molecule has 0 radical (unpaired) electrons. The number of nitrogens with zero attached hydrogens (tertiary/aromatic N) is 1. The fourth-order valence-corrected chi connectivity index (χ4v) is 2.92. The van der Waals surface area contributed by atoms with Gasteiger partial charge in [0.05, 0.1) is 5.56 Å². The van der Waals surface area contributed by atoms with Crippen molar-refractivity contribution in [3.8, 4) is 0 Å². The number of nitrogens with one attached hydrogen (secondary N) is 1. The zero-order chi connectivity index (χ0) is 12.3.